The van der Waals surface area contributed by atoms with E-state index in [1.165, 1.54) is 5.56 Å². The van der Waals surface area contributed by atoms with E-state index in [1.807, 2.05) is 42.5 Å². The van der Waals surface area contributed by atoms with Gasteiger partial charge in [0.2, 0.25) is 5.91 Å². The minimum absolute atomic E-state index is 0.0366. The lowest BCUT2D eigenvalue weighted by Gasteiger charge is -2.23. The van der Waals surface area contributed by atoms with Gasteiger partial charge in [-0.05, 0) is 51.8 Å². The number of para-hydroxylation sites is 2. The highest BCUT2D eigenvalue weighted by molar-refractivity contribution is 14.1. The Morgan fingerprint density at radius 2 is 1.59 bits per heavy atom. The number of carbonyl (C=O) groups is 1. The van der Waals surface area contributed by atoms with E-state index in [1.54, 1.807) is 0 Å². The molecule has 0 bridgehead atoms. The maximum absolute atomic E-state index is 12.1. The summed E-state index contributed by atoms with van der Waals surface area (Å²) in [7, 11) is 0. The van der Waals surface area contributed by atoms with Crippen LogP contribution in [0, 0.1) is 3.57 Å². The molecular formula is C18H21IN2O. The zero-order chi connectivity index (χ0) is 16.2. The van der Waals surface area contributed by atoms with Crippen LogP contribution in [0.3, 0.4) is 0 Å². The van der Waals surface area contributed by atoms with Gasteiger partial charge >= 0.3 is 0 Å². The van der Waals surface area contributed by atoms with Gasteiger partial charge in [-0.1, -0.05) is 51.1 Å². The fourth-order valence-corrected chi connectivity index (χ4v) is 2.75. The molecule has 0 saturated heterocycles. The van der Waals surface area contributed by atoms with E-state index >= 15 is 0 Å². The van der Waals surface area contributed by atoms with Crippen LogP contribution in [-0.2, 0) is 10.2 Å². The number of halogens is 1. The zero-order valence-corrected chi connectivity index (χ0v) is 15.3. The minimum atomic E-state index is -0.0483. The van der Waals surface area contributed by atoms with Gasteiger partial charge in [0.25, 0.3) is 0 Å². The topological polar surface area (TPSA) is 41.1 Å². The van der Waals surface area contributed by atoms with Crippen molar-refractivity contribution in [3.63, 3.8) is 0 Å². The lowest BCUT2D eigenvalue weighted by atomic mass is 9.86. The van der Waals surface area contributed by atoms with Crippen molar-refractivity contribution >= 4 is 39.9 Å². The molecule has 3 nitrogen and oxygen atoms in total. The third-order valence-electron chi connectivity index (χ3n) is 3.32. The van der Waals surface area contributed by atoms with Crippen molar-refractivity contribution in [3.05, 3.63) is 57.7 Å². The first-order chi connectivity index (χ1) is 10.4. The fraction of sp³-hybridized carbons (Fsp3) is 0.278. The molecule has 0 aliphatic heterocycles. The molecular weight excluding hydrogens is 387 g/mol. The summed E-state index contributed by atoms with van der Waals surface area (Å²) in [6.45, 7) is 6.75. The SMILES string of the molecule is CC(C)(C)c1ccccc1NCC(=O)Nc1ccccc1I. The van der Waals surface area contributed by atoms with Crippen LogP contribution in [0.2, 0.25) is 0 Å². The van der Waals surface area contributed by atoms with E-state index in [0.29, 0.717) is 0 Å². The minimum Gasteiger partial charge on any atom is -0.376 e. The Morgan fingerprint density at radius 3 is 2.23 bits per heavy atom. The third kappa shape index (κ3) is 4.47. The largest absolute Gasteiger partial charge is 0.376 e. The van der Waals surface area contributed by atoms with Gasteiger partial charge in [0.1, 0.15) is 0 Å². The Labute approximate surface area is 145 Å². The normalized spacial score (nSPS) is 11.1. The predicted octanol–water partition coefficient (Wildman–Crippen LogP) is 4.64. The van der Waals surface area contributed by atoms with E-state index < -0.39 is 0 Å². The molecule has 22 heavy (non-hydrogen) atoms. The van der Waals surface area contributed by atoms with E-state index in [-0.39, 0.29) is 17.9 Å². The second-order valence-electron chi connectivity index (χ2n) is 6.18. The van der Waals surface area contributed by atoms with E-state index in [0.717, 1.165) is 14.9 Å². The van der Waals surface area contributed by atoms with Crippen LogP contribution in [0.15, 0.2) is 48.5 Å². The van der Waals surface area contributed by atoms with Crippen molar-refractivity contribution in [2.75, 3.05) is 17.2 Å². The summed E-state index contributed by atoms with van der Waals surface area (Å²) in [6.07, 6.45) is 0. The van der Waals surface area contributed by atoms with Crippen LogP contribution < -0.4 is 10.6 Å². The highest BCUT2D eigenvalue weighted by atomic mass is 127. The molecule has 0 saturated carbocycles. The molecule has 4 heteroatoms. The highest BCUT2D eigenvalue weighted by Crippen LogP contribution is 2.29. The third-order valence-corrected chi connectivity index (χ3v) is 4.26. The lowest BCUT2D eigenvalue weighted by Crippen LogP contribution is -2.24. The first-order valence-corrected chi connectivity index (χ1v) is 8.33. The van der Waals surface area contributed by atoms with E-state index in [9.17, 15) is 4.79 Å². The van der Waals surface area contributed by atoms with Crippen LogP contribution in [0.1, 0.15) is 26.3 Å². The Kier molecular flexibility index (Phi) is 5.45. The molecule has 0 atom stereocenters. The van der Waals surface area contributed by atoms with Crippen molar-refractivity contribution in [2.24, 2.45) is 0 Å². The first-order valence-electron chi connectivity index (χ1n) is 7.25. The maximum atomic E-state index is 12.1. The molecule has 2 rings (SSSR count). The predicted molar refractivity (Wildman–Crippen MR) is 101 cm³/mol. The highest BCUT2D eigenvalue weighted by Gasteiger charge is 2.17. The molecule has 2 aromatic carbocycles. The van der Waals surface area contributed by atoms with Crippen molar-refractivity contribution in [2.45, 2.75) is 26.2 Å². The number of rotatable bonds is 4. The number of nitrogens with one attached hydrogen (secondary N) is 2. The van der Waals surface area contributed by atoms with Gasteiger partial charge in [0, 0.05) is 9.26 Å². The Morgan fingerprint density at radius 1 is 1.00 bits per heavy atom. The molecule has 0 heterocycles. The molecule has 0 radical (unpaired) electrons. The number of carbonyl (C=O) groups excluding carboxylic acids is 1. The molecule has 0 spiro atoms. The van der Waals surface area contributed by atoms with Gasteiger partial charge in [-0.25, -0.2) is 0 Å². The molecule has 0 aliphatic carbocycles. The molecule has 0 aliphatic rings. The van der Waals surface area contributed by atoms with Gasteiger partial charge < -0.3 is 10.6 Å². The van der Waals surface area contributed by atoms with Crippen LogP contribution in [0.5, 0.6) is 0 Å². The van der Waals surface area contributed by atoms with E-state index in [4.69, 9.17) is 0 Å². The van der Waals surface area contributed by atoms with Gasteiger partial charge in [-0.3, -0.25) is 4.79 Å². The van der Waals surface area contributed by atoms with Gasteiger partial charge in [0.15, 0.2) is 0 Å². The number of hydrogen-bond donors (Lipinski definition) is 2. The molecule has 116 valence electrons. The summed E-state index contributed by atoms with van der Waals surface area (Å²) in [6, 6.07) is 15.9. The van der Waals surface area contributed by atoms with Crippen LogP contribution in [0.4, 0.5) is 11.4 Å². The quantitative estimate of drug-likeness (QED) is 0.724. The van der Waals surface area contributed by atoms with Crippen molar-refractivity contribution in [1.29, 1.82) is 0 Å². The Hall–Kier alpha value is -1.56. The summed E-state index contributed by atoms with van der Waals surface area (Å²) in [4.78, 5) is 12.1. The molecule has 0 aromatic heterocycles. The second-order valence-corrected chi connectivity index (χ2v) is 7.34. The number of anilines is 2. The fourth-order valence-electron chi connectivity index (χ4n) is 2.22. The number of amides is 1. The summed E-state index contributed by atoms with van der Waals surface area (Å²) in [5, 5.41) is 6.17. The average Bonchev–Trinajstić information content (AvgIpc) is 2.47. The number of hydrogen-bond acceptors (Lipinski definition) is 2. The van der Waals surface area contributed by atoms with Gasteiger partial charge in [-0.15, -0.1) is 0 Å². The lowest BCUT2D eigenvalue weighted by molar-refractivity contribution is -0.114. The summed E-state index contributed by atoms with van der Waals surface area (Å²) in [5.41, 5.74) is 3.10. The molecule has 0 unspecified atom stereocenters. The molecule has 1 amide bonds. The smallest absolute Gasteiger partial charge is 0.243 e. The zero-order valence-electron chi connectivity index (χ0n) is 13.1. The molecule has 2 aromatic rings. The maximum Gasteiger partial charge on any atom is 0.243 e. The molecule has 2 N–H and O–H groups in total. The van der Waals surface area contributed by atoms with Crippen molar-refractivity contribution in [3.8, 4) is 0 Å². The Bertz CT molecular complexity index is 662. The molecule has 0 fully saturated rings. The number of benzene rings is 2. The summed E-state index contributed by atoms with van der Waals surface area (Å²) < 4.78 is 1.03. The van der Waals surface area contributed by atoms with E-state index in [2.05, 4.69) is 60.1 Å². The van der Waals surface area contributed by atoms with Crippen molar-refractivity contribution in [1.82, 2.24) is 0 Å². The standard InChI is InChI=1S/C18H21IN2O/c1-18(2,3)13-8-4-6-10-15(13)20-12-17(22)21-16-11-7-5-9-14(16)19/h4-11,20H,12H2,1-3H3,(H,21,22). The van der Waals surface area contributed by atoms with Crippen LogP contribution in [0.25, 0.3) is 0 Å². The summed E-state index contributed by atoms with van der Waals surface area (Å²) >= 11 is 2.21. The van der Waals surface area contributed by atoms with Crippen molar-refractivity contribution < 1.29 is 4.79 Å². The first kappa shape index (κ1) is 16.8. The van der Waals surface area contributed by atoms with Crippen LogP contribution >= 0.6 is 22.6 Å². The van der Waals surface area contributed by atoms with Gasteiger partial charge in [0.05, 0.1) is 12.2 Å². The summed E-state index contributed by atoms with van der Waals surface area (Å²) in [5.74, 6) is -0.0483. The van der Waals surface area contributed by atoms with Gasteiger partial charge in [-0.2, -0.15) is 0 Å². The second kappa shape index (κ2) is 7.13. The van der Waals surface area contributed by atoms with Crippen LogP contribution in [-0.4, -0.2) is 12.5 Å². The Balaban J connectivity index is 2.02. The average molecular weight is 408 g/mol. The monoisotopic (exact) mass is 408 g/mol.